The van der Waals surface area contributed by atoms with Gasteiger partial charge in [0.1, 0.15) is 5.41 Å². The summed E-state index contributed by atoms with van der Waals surface area (Å²) < 4.78 is 5.07. The highest BCUT2D eigenvalue weighted by Crippen LogP contribution is 2.32. The first-order valence-corrected chi connectivity index (χ1v) is 8.52. The number of aliphatic carboxylic acids is 1. The van der Waals surface area contributed by atoms with Crippen molar-refractivity contribution in [3.05, 3.63) is 35.5 Å². The molecule has 3 rings (SSSR count). The Morgan fingerprint density at radius 3 is 2.92 bits per heavy atom. The van der Waals surface area contributed by atoms with E-state index in [4.69, 9.17) is 4.74 Å². The molecule has 1 amide bonds. The van der Waals surface area contributed by atoms with Crippen molar-refractivity contribution in [3.8, 4) is 0 Å². The average molecular weight is 344 g/mol. The molecule has 1 fully saturated rings. The topological polar surface area (TPSA) is 82.6 Å². The summed E-state index contributed by atoms with van der Waals surface area (Å²) in [5.74, 6) is -0.891. The van der Waals surface area contributed by atoms with Gasteiger partial charge in [0.05, 0.1) is 6.61 Å². The highest BCUT2D eigenvalue weighted by Gasteiger charge is 2.46. The Hall–Kier alpha value is -2.34. The van der Waals surface area contributed by atoms with Crippen molar-refractivity contribution in [2.75, 3.05) is 26.8 Å². The number of amides is 1. The van der Waals surface area contributed by atoms with E-state index < -0.39 is 11.4 Å². The Morgan fingerprint density at radius 2 is 2.20 bits per heavy atom. The molecule has 0 spiro atoms. The van der Waals surface area contributed by atoms with E-state index >= 15 is 0 Å². The zero-order chi connectivity index (χ0) is 18.0. The van der Waals surface area contributed by atoms with Crippen LogP contribution in [0.25, 0.3) is 10.9 Å². The first-order chi connectivity index (χ1) is 11.9. The molecule has 6 heteroatoms. The molecule has 1 aromatic carbocycles. The van der Waals surface area contributed by atoms with Crippen LogP contribution in [0.2, 0.25) is 0 Å². The molecule has 0 bridgehead atoms. The summed E-state index contributed by atoms with van der Waals surface area (Å²) in [7, 11) is 1.49. The minimum atomic E-state index is -0.970. The number of methoxy groups -OCH3 is 1. The number of aryl methyl sites for hydroxylation is 2. The molecule has 0 aliphatic carbocycles. The van der Waals surface area contributed by atoms with Gasteiger partial charge in [0.25, 0.3) is 0 Å². The fraction of sp³-hybridized carbons (Fsp3) is 0.474. The third-order valence-electron chi connectivity index (χ3n) is 5.11. The minimum Gasteiger partial charge on any atom is -0.481 e. The monoisotopic (exact) mass is 344 g/mol. The van der Waals surface area contributed by atoms with Crippen molar-refractivity contribution in [2.45, 2.75) is 26.2 Å². The summed E-state index contributed by atoms with van der Waals surface area (Å²) in [4.78, 5) is 29.0. The molecule has 134 valence electrons. The third kappa shape index (κ3) is 3.39. The number of nitrogens with one attached hydrogen (secondary N) is 1. The van der Waals surface area contributed by atoms with Gasteiger partial charge in [-0.1, -0.05) is 11.6 Å². The normalized spacial score (nSPS) is 20.3. The van der Waals surface area contributed by atoms with Gasteiger partial charge in [0, 0.05) is 43.7 Å². The number of H-pyrrole nitrogens is 1. The van der Waals surface area contributed by atoms with Gasteiger partial charge in [0.15, 0.2) is 0 Å². The molecule has 0 saturated carbocycles. The number of carboxylic acids is 1. The van der Waals surface area contributed by atoms with E-state index in [1.54, 1.807) is 4.90 Å². The summed E-state index contributed by atoms with van der Waals surface area (Å²) in [5.41, 5.74) is 2.40. The van der Waals surface area contributed by atoms with Crippen molar-refractivity contribution in [1.82, 2.24) is 9.88 Å². The highest BCUT2D eigenvalue weighted by molar-refractivity contribution is 5.85. The molecule has 1 saturated heterocycles. The molecule has 1 atom stereocenters. The summed E-state index contributed by atoms with van der Waals surface area (Å²) in [6, 6.07) is 6.22. The van der Waals surface area contributed by atoms with Gasteiger partial charge in [-0.25, -0.2) is 0 Å². The van der Waals surface area contributed by atoms with Crippen LogP contribution >= 0.6 is 0 Å². The second-order valence-electron chi connectivity index (χ2n) is 6.95. The smallest absolute Gasteiger partial charge is 0.313 e. The lowest BCUT2D eigenvalue weighted by atomic mass is 9.88. The van der Waals surface area contributed by atoms with Gasteiger partial charge in [-0.05, 0) is 37.5 Å². The number of aromatic amines is 1. The Kier molecular flexibility index (Phi) is 4.81. The molecule has 25 heavy (non-hydrogen) atoms. The quantitative estimate of drug-likeness (QED) is 0.843. The number of likely N-dealkylation sites (tertiary alicyclic amines) is 1. The van der Waals surface area contributed by atoms with E-state index in [0.717, 1.165) is 16.5 Å². The molecule has 6 nitrogen and oxygen atoms in total. The van der Waals surface area contributed by atoms with Gasteiger partial charge in [-0.2, -0.15) is 0 Å². The number of carboxylic acid groups (broad SMARTS) is 1. The Balaban J connectivity index is 1.65. The molecule has 1 aliphatic heterocycles. The summed E-state index contributed by atoms with van der Waals surface area (Å²) >= 11 is 0. The fourth-order valence-electron chi connectivity index (χ4n) is 3.61. The maximum atomic E-state index is 12.5. The Bertz CT molecular complexity index is 798. The number of hydrogen-bond donors (Lipinski definition) is 2. The Labute approximate surface area is 146 Å². The summed E-state index contributed by atoms with van der Waals surface area (Å²) in [5, 5.41) is 10.6. The van der Waals surface area contributed by atoms with Crippen LogP contribution in [0.15, 0.2) is 24.4 Å². The average Bonchev–Trinajstić information content (AvgIpc) is 3.18. The van der Waals surface area contributed by atoms with Crippen molar-refractivity contribution >= 4 is 22.8 Å². The number of carbonyl (C=O) groups is 2. The standard InChI is InChI=1S/C19H24N2O4/c1-13-3-5-16-15(9-13)14(10-20-16)4-6-17(22)21-8-7-19(11-21,12-25-2)18(23)24/h3,5,9-10,20H,4,6-8,11-12H2,1-2H3,(H,23,24). The molecule has 2 N–H and O–H groups in total. The van der Waals surface area contributed by atoms with Gasteiger partial charge < -0.3 is 19.7 Å². The van der Waals surface area contributed by atoms with E-state index in [2.05, 4.69) is 17.1 Å². The fourth-order valence-corrected chi connectivity index (χ4v) is 3.61. The Morgan fingerprint density at radius 1 is 1.40 bits per heavy atom. The molecular weight excluding hydrogens is 320 g/mol. The number of fused-ring (bicyclic) bond motifs is 1. The van der Waals surface area contributed by atoms with Crippen LogP contribution in [0.3, 0.4) is 0 Å². The first-order valence-electron chi connectivity index (χ1n) is 8.52. The van der Waals surface area contributed by atoms with Crippen molar-refractivity contribution in [2.24, 2.45) is 5.41 Å². The minimum absolute atomic E-state index is 0.00114. The second kappa shape index (κ2) is 6.88. The van der Waals surface area contributed by atoms with E-state index in [9.17, 15) is 14.7 Å². The number of nitrogens with zero attached hydrogens (tertiary/aromatic N) is 1. The van der Waals surface area contributed by atoms with Gasteiger partial charge in [-0.3, -0.25) is 9.59 Å². The number of aromatic nitrogens is 1. The molecule has 1 aliphatic rings. The van der Waals surface area contributed by atoms with Gasteiger partial charge >= 0.3 is 5.97 Å². The maximum Gasteiger partial charge on any atom is 0.313 e. The lowest BCUT2D eigenvalue weighted by molar-refractivity contribution is -0.151. The van der Waals surface area contributed by atoms with Crippen LogP contribution in [0.1, 0.15) is 24.0 Å². The van der Waals surface area contributed by atoms with Crippen LogP contribution in [-0.4, -0.2) is 53.7 Å². The van der Waals surface area contributed by atoms with Crippen LogP contribution in [0, 0.1) is 12.3 Å². The van der Waals surface area contributed by atoms with Crippen LogP contribution in [0.4, 0.5) is 0 Å². The lowest BCUT2D eigenvalue weighted by Crippen LogP contribution is -2.40. The highest BCUT2D eigenvalue weighted by atomic mass is 16.5. The third-order valence-corrected chi connectivity index (χ3v) is 5.11. The van der Waals surface area contributed by atoms with E-state index in [1.165, 1.54) is 12.7 Å². The molecule has 2 aromatic rings. The number of carbonyl (C=O) groups excluding carboxylic acids is 1. The zero-order valence-electron chi connectivity index (χ0n) is 14.7. The molecular formula is C19H24N2O4. The van der Waals surface area contributed by atoms with Gasteiger partial charge in [0.2, 0.25) is 5.91 Å². The summed E-state index contributed by atoms with van der Waals surface area (Å²) in [6.45, 7) is 2.88. The van der Waals surface area contributed by atoms with E-state index in [1.807, 2.05) is 19.2 Å². The zero-order valence-corrected chi connectivity index (χ0v) is 14.7. The van der Waals surface area contributed by atoms with Crippen LogP contribution < -0.4 is 0 Å². The van der Waals surface area contributed by atoms with Gasteiger partial charge in [-0.15, -0.1) is 0 Å². The number of hydrogen-bond acceptors (Lipinski definition) is 3. The van der Waals surface area contributed by atoms with E-state index in [0.29, 0.717) is 25.8 Å². The van der Waals surface area contributed by atoms with Crippen LogP contribution in [-0.2, 0) is 20.7 Å². The van der Waals surface area contributed by atoms with Crippen LogP contribution in [0.5, 0.6) is 0 Å². The van der Waals surface area contributed by atoms with Crippen molar-refractivity contribution in [1.29, 1.82) is 0 Å². The summed E-state index contributed by atoms with van der Waals surface area (Å²) in [6.07, 6.45) is 3.41. The molecule has 1 aromatic heterocycles. The number of benzene rings is 1. The van der Waals surface area contributed by atoms with Crippen molar-refractivity contribution in [3.63, 3.8) is 0 Å². The molecule has 2 heterocycles. The largest absolute Gasteiger partial charge is 0.481 e. The SMILES string of the molecule is COCC1(C(=O)O)CCN(C(=O)CCc2c[nH]c3ccc(C)cc23)C1. The maximum absolute atomic E-state index is 12.5. The molecule has 0 radical (unpaired) electrons. The predicted octanol–water partition coefficient (Wildman–Crippen LogP) is 2.36. The number of ether oxygens (including phenoxy) is 1. The lowest BCUT2D eigenvalue weighted by Gasteiger charge is -2.23. The van der Waals surface area contributed by atoms with E-state index in [-0.39, 0.29) is 19.1 Å². The molecule has 1 unspecified atom stereocenters. The number of rotatable bonds is 6. The predicted molar refractivity (Wildman–Crippen MR) is 94.5 cm³/mol. The first kappa shape index (κ1) is 17.5. The van der Waals surface area contributed by atoms with Crippen molar-refractivity contribution < 1.29 is 19.4 Å². The second-order valence-corrected chi connectivity index (χ2v) is 6.95.